The lowest BCUT2D eigenvalue weighted by Gasteiger charge is -2.07. The maximum Gasteiger partial charge on any atom is 0.291 e. The van der Waals surface area contributed by atoms with Crippen LogP contribution in [0.4, 0.5) is 5.69 Å². The number of hydrogen-bond donors (Lipinski definition) is 2. The maximum atomic E-state index is 11.9. The van der Waals surface area contributed by atoms with Gasteiger partial charge in [0.2, 0.25) is 0 Å². The van der Waals surface area contributed by atoms with Crippen molar-refractivity contribution in [3.8, 4) is 0 Å². The van der Waals surface area contributed by atoms with Gasteiger partial charge in [-0.2, -0.15) is 5.10 Å². The summed E-state index contributed by atoms with van der Waals surface area (Å²) in [5.41, 5.74) is 8.60. The summed E-state index contributed by atoms with van der Waals surface area (Å²) in [6.45, 7) is 0. The van der Waals surface area contributed by atoms with Gasteiger partial charge in [-0.3, -0.25) is 4.79 Å². The number of hydrazone groups is 1. The van der Waals surface area contributed by atoms with E-state index in [-0.39, 0.29) is 26.6 Å². The average Bonchev–Trinajstić information content (AvgIpc) is 2.49. The van der Waals surface area contributed by atoms with Crippen LogP contribution < -0.4 is 11.2 Å². The summed E-state index contributed by atoms with van der Waals surface area (Å²) >= 11 is 17.5. The number of amides is 1. The van der Waals surface area contributed by atoms with Crippen molar-refractivity contribution in [2.45, 2.75) is 0 Å². The van der Waals surface area contributed by atoms with Crippen LogP contribution in [0.25, 0.3) is 0 Å². The molecule has 2 rings (SSSR count). The third-order valence-corrected chi connectivity index (χ3v) is 3.60. The normalized spacial score (nSPS) is 10.8. The van der Waals surface area contributed by atoms with Crippen LogP contribution in [0.2, 0.25) is 15.2 Å². The second-order valence-corrected chi connectivity index (χ2v) is 5.02. The number of nitrogens with zero attached hydrogens (tertiary/aromatic N) is 2. The quantitative estimate of drug-likeness (QED) is 0.509. The number of pyridine rings is 1. The summed E-state index contributed by atoms with van der Waals surface area (Å²) in [4.78, 5) is 15.7. The third kappa shape index (κ3) is 3.64. The Morgan fingerprint density at radius 1 is 1.19 bits per heavy atom. The Bertz CT molecular complexity index is 704. The molecule has 0 atom stereocenters. The molecule has 8 heteroatoms. The highest BCUT2D eigenvalue weighted by Crippen LogP contribution is 2.34. The van der Waals surface area contributed by atoms with Gasteiger partial charge in [-0.05, 0) is 5.56 Å². The van der Waals surface area contributed by atoms with E-state index < -0.39 is 5.91 Å². The molecule has 21 heavy (non-hydrogen) atoms. The zero-order valence-electron chi connectivity index (χ0n) is 10.5. The van der Waals surface area contributed by atoms with Crippen molar-refractivity contribution in [2.24, 2.45) is 5.10 Å². The van der Waals surface area contributed by atoms with Crippen LogP contribution in [0.1, 0.15) is 16.1 Å². The molecule has 0 aliphatic carbocycles. The number of carbonyl (C=O) groups is 1. The summed E-state index contributed by atoms with van der Waals surface area (Å²) in [6.07, 6.45) is 1.48. The SMILES string of the molecule is Nc1c(Cl)c(Cl)nc(C(=O)N/N=C\c2ccccc2)c1Cl. The minimum Gasteiger partial charge on any atom is -0.396 e. The molecule has 108 valence electrons. The smallest absolute Gasteiger partial charge is 0.291 e. The zero-order valence-corrected chi connectivity index (χ0v) is 12.7. The van der Waals surface area contributed by atoms with Gasteiger partial charge in [-0.15, -0.1) is 0 Å². The molecule has 0 bridgehead atoms. The lowest BCUT2D eigenvalue weighted by Crippen LogP contribution is -2.20. The van der Waals surface area contributed by atoms with Crippen LogP contribution in [-0.2, 0) is 0 Å². The van der Waals surface area contributed by atoms with Gasteiger partial charge >= 0.3 is 0 Å². The van der Waals surface area contributed by atoms with Crippen molar-refractivity contribution >= 4 is 52.6 Å². The number of nitrogen functional groups attached to an aromatic ring is 1. The zero-order chi connectivity index (χ0) is 15.4. The molecule has 2 aromatic rings. The highest BCUT2D eigenvalue weighted by molar-refractivity contribution is 6.46. The van der Waals surface area contributed by atoms with E-state index in [9.17, 15) is 4.79 Å². The van der Waals surface area contributed by atoms with Crippen LogP contribution >= 0.6 is 34.8 Å². The molecule has 1 amide bonds. The number of anilines is 1. The standard InChI is InChI=1S/C13H9Cl3N4O/c14-8-10(17)9(15)12(16)19-11(8)13(21)20-18-6-7-4-2-1-3-5-7/h1-6H,(H2,17,19)(H,20,21)/b18-6-. The third-order valence-electron chi connectivity index (χ3n) is 2.47. The predicted octanol–water partition coefficient (Wildman–Crippen LogP) is 3.39. The molecule has 1 aromatic heterocycles. The van der Waals surface area contributed by atoms with Crippen molar-refractivity contribution < 1.29 is 4.79 Å². The molecule has 1 aromatic carbocycles. The Hall–Kier alpha value is -1.82. The monoisotopic (exact) mass is 342 g/mol. The molecule has 0 aliphatic rings. The number of nitrogens with one attached hydrogen (secondary N) is 1. The molecule has 1 heterocycles. The van der Waals surface area contributed by atoms with E-state index in [4.69, 9.17) is 40.5 Å². The Morgan fingerprint density at radius 3 is 2.52 bits per heavy atom. The van der Waals surface area contributed by atoms with Crippen LogP contribution in [-0.4, -0.2) is 17.1 Å². The number of benzene rings is 1. The van der Waals surface area contributed by atoms with E-state index in [0.717, 1.165) is 5.56 Å². The Labute approximate surface area is 135 Å². The molecular weight excluding hydrogens is 335 g/mol. The minimum atomic E-state index is -0.641. The van der Waals surface area contributed by atoms with Crippen molar-refractivity contribution in [2.75, 3.05) is 5.73 Å². The van der Waals surface area contributed by atoms with Gasteiger partial charge in [0.15, 0.2) is 10.8 Å². The Morgan fingerprint density at radius 2 is 1.86 bits per heavy atom. The van der Waals surface area contributed by atoms with Gasteiger partial charge in [-0.1, -0.05) is 65.1 Å². The molecule has 3 N–H and O–H groups in total. The molecule has 0 saturated heterocycles. The van der Waals surface area contributed by atoms with Gasteiger partial charge in [0, 0.05) is 0 Å². The molecule has 0 radical (unpaired) electrons. The number of nitrogens with two attached hydrogens (primary N) is 1. The topological polar surface area (TPSA) is 80.4 Å². The summed E-state index contributed by atoms with van der Waals surface area (Å²) in [5, 5.41) is 3.63. The number of aromatic nitrogens is 1. The van der Waals surface area contributed by atoms with Crippen LogP contribution in [0.15, 0.2) is 35.4 Å². The molecule has 0 saturated carbocycles. The first-order valence-corrected chi connectivity index (χ1v) is 6.82. The molecule has 0 unspecified atom stereocenters. The fourth-order valence-electron chi connectivity index (χ4n) is 1.44. The molecule has 5 nitrogen and oxygen atoms in total. The van der Waals surface area contributed by atoms with E-state index >= 15 is 0 Å². The fraction of sp³-hybridized carbons (Fsp3) is 0. The van der Waals surface area contributed by atoms with Gasteiger partial charge in [0.05, 0.1) is 16.9 Å². The second kappa shape index (κ2) is 6.76. The number of carbonyl (C=O) groups excluding carboxylic acids is 1. The fourth-order valence-corrected chi connectivity index (χ4v) is 2.03. The van der Waals surface area contributed by atoms with Crippen molar-refractivity contribution in [1.82, 2.24) is 10.4 Å². The summed E-state index contributed by atoms with van der Waals surface area (Å²) < 4.78 is 0. The lowest BCUT2D eigenvalue weighted by atomic mass is 10.2. The first-order chi connectivity index (χ1) is 10.0. The molecule has 0 aliphatic heterocycles. The molecular formula is C13H9Cl3N4O. The van der Waals surface area contributed by atoms with Crippen LogP contribution in [0.5, 0.6) is 0 Å². The van der Waals surface area contributed by atoms with Gasteiger partial charge < -0.3 is 5.73 Å². The maximum absolute atomic E-state index is 11.9. The van der Waals surface area contributed by atoms with Crippen molar-refractivity contribution in [3.63, 3.8) is 0 Å². The first kappa shape index (κ1) is 15.6. The highest BCUT2D eigenvalue weighted by atomic mass is 35.5. The number of rotatable bonds is 3. The van der Waals surface area contributed by atoms with Crippen molar-refractivity contribution in [3.05, 3.63) is 56.8 Å². The van der Waals surface area contributed by atoms with E-state index in [1.807, 2.05) is 30.3 Å². The molecule has 0 spiro atoms. The van der Waals surface area contributed by atoms with Crippen LogP contribution in [0, 0.1) is 0 Å². The number of hydrogen-bond acceptors (Lipinski definition) is 4. The van der Waals surface area contributed by atoms with E-state index in [0.29, 0.717) is 0 Å². The first-order valence-electron chi connectivity index (χ1n) is 5.69. The Kier molecular flexibility index (Phi) is 5.01. The number of halogens is 3. The van der Waals surface area contributed by atoms with Crippen molar-refractivity contribution in [1.29, 1.82) is 0 Å². The van der Waals surface area contributed by atoms with Gasteiger partial charge in [0.25, 0.3) is 5.91 Å². The van der Waals surface area contributed by atoms with Crippen LogP contribution in [0.3, 0.4) is 0 Å². The summed E-state index contributed by atoms with van der Waals surface area (Å²) in [7, 11) is 0. The predicted molar refractivity (Wildman–Crippen MR) is 85.2 cm³/mol. The largest absolute Gasteiger partial charge is 0.396 e. The highest BCUT2D eigenvalue weighted by Gasteiger charge is 2.19. The lowest BCUT2D eigenvalue weighted by molar-refractivity contribution is 0.0950. The van der Waals surface area contributed by atoms with E-state index in [1.165, 1.54) is 6.21 Å². The summed E-state index contributed by atoms with van der Waals surface area (Å²) in [5.74, 6) is -0.641. The average molecular weight is 344 g/mol. The minimum absolute atomic E-state index is 0.00415. The summed E-state index contributed by atoms with van der Waals surface area (Å²) in [6, 6.07) is 9.23. The second-order valence-electron chi connectivity index (χ2n) is 3.90. The van der Waals surface area contributed by atoms with Gasteiger partial charge in [0.1, 0.15) is 5.02 Å². The van der Waals surface area contributed by atoms with E-state index in [1.54, 1.807) is 0 Å². The molecule has 0 fully saturated rings. The van der Waals surface area contributed by atoms with E-state index in [2.05, 4.69) is 15.5 Å². The van der Waals surface area contributed by atoms with Gasteiger partial charge in [-0.25, -0.2) is 10.4 Å². The Balaban J connectivity index is 2.16.